The fraction of sp³-hybridized carbons (Fsp3) is 0.333. The molecule has 0 unspecified atom stereocenters. The summed E-state index contributed by atoms with van der Waals surface area (Å²) in [5.41, 5.74) is 4.53. The van der Waals surface area contributed by atoms with Crippen molar-refractivity contribution in [2.24, 2.45) is 10.9 Å². The molecule has 3 N–H and O–H groups in total. The van der Waals surface area contributed by atoms with Crippen LogP contribution in [0, 0.1) is 0 Å². The van der Waals surface area contributed by atoms with Crippen LogP contribution in [0.1, 0.15) is 6.92 Å². The van der Waals surface area contributed by atoms with Gasteiger partial charge in [-0.3, -0.25) is 4.79 Å². The summed E-state index contributed by atoms with van der Waals surface area (Å²) < 4.78 is 0. The summed E-state index contributed by atoms with van der Waals surface area (Å²) in [5.74, 6) is -0.706. The van der Waals surface area contributed by atoms with Gasteiger partial charge in [-0.15, -0.1) is 0 Å². The molecule has 0 fully saturated rings. The minimum absolute atomic E-state index is 0.0833. The number of carbonyl (C=O) groups is 1. The Labute approximate surface area is 40.6 Å². The summed E-state index contributed by atoms with van der Waals surface area (Å²) in [6.07, 6.45) is 0. The Kier molecular flexibility index (Phi) is 1.84. The maximum atomic E-state index is 9.86. The highest BCUT2D eigenvalue weighted by Crippen LogP contribution is 1.67. The molecule has 0 aliphatic carbocycles. The molecule has 0 saturated carbocycles. The Morgan fingerprint density at radius 1 is 1.86 bits per heavy atom. The van der Waals surface area contributed by atoms with Crippen LogP contribution in [0.4, 0.5) is 0 Å². The lowest BCUT2D eigenvalue weighted by molar-refractivity contribution is -0.112. The molecule has 0 aromatic carbocycles. The molecule has 0 aliphatic rings. The third-order valence-electron chi connectivity index (χ3n) is 0.507. The van der Waals surface area contributed by atoms with E-state index >= 15 is 0 Å². The fourth-order valence-corrected chi connectivity index (χ4v) is 0.0493. The highest BCUT2D eigenvalue weighted by Gasteiger charge is 1.95. The molecule has 0 aromatic heterocycles. The SMILES string of the molecule is C/C(=N\O)C(N)=O. The van der Waals surface area contributed by atoms with Gasteiger partial charge < -0.3 is 10.9 Å². The number of carbonyl (C=O) groups excluding carboxylic acids is 1. The molecular formula is C3H6N2O2. The Morgan fingerprint density at radius 2 is 2.29 bits per heavy atom. The zero-order valence-corrected chi connectivity index (χ0v) is 3.88. The number of amides is 1. The predicted octanol–water partition coefficient (Wildman–Crippen LogP) is -0.678. The van der Waals surface area contributed by atoms with Crippen LogP contribution in [-0.2, 0) is 4.79 Å². The Hall–Kier alpha value is -1.06. The molecule has 0 aliphatic heterocycles. The molecule has 0 bridgehead atoms. The second-order valence-corrected chi connectivity index (χ2v) is 1.05. The van der Waals surface area contributed by atoms with E-state index in [1.54, 1.807) is 0 Å². The molecule has 0 atom stereocenters. The van der Waals surface area contributed by atoms with E-state index in [1.165, 1.54) is 6.92 Å². The van der Waals surface area contributed by atoms with Crippen LogP contribution in [0.5, 0.6) is 0 Å². The second kappa shape index (κ2) is 2.17. The van der Waals surface area contributed by atoms with Crippen LogP contribution in [0.25, 0.3) is 0 Å². The van der Waals surface area contributed by atoms with Gasteiger partial charge >= 0.3 is 0 Å². The fourth-order valence-electron chi connectivity index (χ4n) is 0.0493. The first kappa shape index (κ1) is 5.94. The van der Waals surface area contributed by atoms with E-state index in [1.807, 2.05) is 0 Å². The van der Waals surface area contributed by atoms with Crippen molar-refractivity contribution in [2.75, 3.05) is 0 Å². The van der Waals surface area contributed by atoms with Crippen molar-refractivity contribution in [3.8, 4) is 0 Å². The summed E-state index contributed by atoms with van der Waals surface area (Å²) in [5, 5.41) is 10.3. The molecule has 4 heteroatoms. The van der Waals surface area contributed by atoms with E-state index in [4.69, 9.17) is 5.21 Å². The minimum Gasteiger partial charge on any atom is -0.410 e. The van der Waals surface area contributed by atoms with Gasteiger partial charge in [-0.1, -0.05) is 5.16 Å². The maximum Gasteiger partial charge on any atom is 0.266 e. The lowest BCUT2D eigenvalue weighted by Crippen LogP contribution is -2.19. The molecule has 0 saturated heterocycles. The Bertz CT molecular complexity index is 108. The zero-order valence-electron chi connectivity index (χ0n) is 3.88. The van der Waals surface area contributed by atoms with Gasteiger partial charge in [0.05, 0.1) is 0 Å². The first-order valence-electron chi connectivity index (χ1n) is 1.67. The molecule has 0 rings (SSSR count). The van der Waals surface area contributed by atoms with Gasteiger partial charge in [0.15, 0.2) is 0 Å². The van der Waals surface area contributed by atoms with Crippen LogP contribution in [0.3, 0.4) is 0 Å². The van der Waals surface area contributed by atoms with Crippen LogP contribution >= 0.6 is 0 Å². The van der Waals surface area contributed by atoms with E-state index in [2.05, 4.69) is 10.9 Å². The molecule has 1 amide bonds. The molecular weight excluding hydrogens is 96.0 g/mol. The quantitative estimate of drug-likeness (QED) is 0.261. The minimum atomic E-state index is -0.706. The molecule has 7 heavy (non-hydrogen) atoms. The highest BCUT2D eigenvalue weighted by atomic mass is 16.4. The van der Waals surface area contributed by atoms with Crippen molar-refractivity contribution in [1.29, 1.82) is 0 Å². The molecule has 4 nitrogen and oxygen atoms in total. The summed E-state index contributed by atoms with van der Waals surface area (Å²) in [7, 11) is 0. The molecule has 0 radical (unpaired) electrons. The largest absolute Gasteiger partial charge is 0.410 e. The summed E-state index contributed by atoms with van der Waals surface area (Å²) in [4.78, 5) is 9.86. The van der Waals surface area contributed by atoms with Gasteiger partial charge in [-0.2, -0.15) is 0 Å². The average Bonchev–Trinajstić information content (AvgIpc) is 1.65. The monoisotopic (exact) mass is 102 g/mol. The van der Waals surface area contributed by atoms with Gasteiger partial charge in [0.2, 0.25) is 0 Å². The summed E-state index contributed by atoms with van der Waals surface area (Å²) >= 11 is 0. The van der Waals surface area contributed by atoms with Crippen LogP contribution in [-0.4, -0.2) is 16.8 Å². The number of hydrogen-bond donors (Lipinski definition) is 2. The number of hydrogen-bond acceptors (Lipinski definition) is 3. The van der Waals surface area contributed by atoms with Crippen molar-refractivity contribution in [3.05, 3.63) is 0 Å². The topological polar surface area (TPSA) is 75.7 Å². The third kappa shape index (κ3) is 1.75. The Balaban J connectivity index is 3.82. The molecule has 0 heterocycles. The first-order chi connectivity index (χ1) is 3.18. The maximum absolute atomic E-state index is 9.86. The van der Waals surface area contributed by atoms with Crippen molar-refractivity contribution < 1.29 is 10.0 Å². The number of primary amides is 1. The second-order valence-electron chi connectivity index (χ2n) is 1.05. The van der Waals surface area contributed by atoms with Crippen LogP contribution < -0.4 is 5.73 Å². The molecule has 0 spiro atoms. The van der Waals surface area contributed by atoms with Crippen molar-refractivity contribution in [2.45, 2.75) is 6.92 Å². The van der Waals surface area contributed by atoms with E-state index in [0.29, 0.717) is 0 Å². The smallest absolute Gasteiger partial charge is 0.266 e. The third-order valence-corrected chi connectivity index (χ3v) is 0.507. The predicted molar refractivity (Wildman–Crippen MR) is 24.1 cm³/mol. The van der Waals surface area contributed by atoms with Crippen molar-refractivity contribution in [3.63, 3.8) is 0 Å². The van der Waals surface area contributed by atoms with E-state index in [9.17, 15) is 4.79 Å². The van der Waals surface area contributed by atoms with Gasteiger partial charge in [0, 0.05) is 0 Å². The lowest BCUT2D eigenvalue weighted by atomic mass is 10.4. The van der Waals surface area contributed by atoms with Crippen LogP contribution in [0.15, 0.2) is 5.16 Å². The average molecular weight is 102 g/mol. The number of oxime groups is 1. The van der Waals surface area contributed by atoms with E-state index < -0.39 is 5.91 Å². The first-order valence-corrected chi connectivity index (χ1v) is 1.67. The van der Waals surface area contributed by atoms with Gasteiger partial charge in [-0.25, -0.2) is 0 Å². The Morgan fingerprint density at radius 3 is 2.29 bits per heavy atom. The summed E-state index contributed by atoms with van der Waals surface area (Å²) in [6.45, 7) is 1.32. The highest BCUT2D eigenvalue weighted by molar-refractivity contribution is 6.37. The lowest BCUT2D eigenvalue weighted by Gasteiger charge is -1.82. The van der Waals surface area contributed by atoms with Gasteiger partial charge in [0.25, 0.3) is 5.91 Å². The van der Waals surface area contributed by atoms with Crippen molar-refractivity contribution in [1.82, 2.24) is 0 Å². The normalized spacial score (nSPS) is 11.3. The summed E-state index contributed by atoms with van der Waals surface area (Å²) in [6, 6.07) is 0. The molecule has 40 valence electrons. The van der Waals surface area contributed by atoms with Crippen molar-refractivity contribution >= 4 is 11.6 Å². The van der Waals surface area contributed by atoms with Gasteiger partial charge in [-0.05, 0) is 6.92 Å². The van der Waals surface area contributed by atoms with E-state index in [0.717, 1.165) is 0 Å². The molecule has 0 aromatic rings. The van der Waals surface area contributed by atoms with E-state index in [-0.39, 0.29) is 5.71 Å². The zero-order chi connectivity index (χ0) is 5.86. The number of nitrogens with two attached hydrogens (primary N) is 1. The van der Waals surface area contributed by atoms with Crippen LogP contribution in [0.2, 0.25) is 0 Å². The van der Waals surface area contributed by atoms with Gasteiger partial charge in [0.1, 0.15) is 5.71 Å². The standard InChI is InChI=1S/C3H6N2O2/c1-2(5-7)3(4)6/h7H,1H3,(H2,4,6)/b5-2+. The number of nitrogens with zero attached hydrogens (tertiary/aromatic N) is 1. The number of rotatable bonds is 1.